The van der Waals surface area contributed by atoms with E-state index in [0.29, 0.717) is 31.6 Å². The smallest absolute Gasteiger partial charge is 0.331 e. The summed E-state index contributed by atoms with van der Waals surface area (Å²) in [4.78, 5) is 15.8. The number of hydrogen-bond donors (Lipinski definition) is 3. The van der Waals surface area contributed by atoms with Gasteiger partial charge in [-0.2, -0.15) is 0 Å². The minimum absolute atomic E-state index is 0.0303. The summed E-state index contributed by atoms with van der Waals surface area (Å²) in [5.41, 5.74) is -0.586. The number of carbonyl (C=O) groups excluding carboxylic acids is 1. The quantitative estimate of drug-likeness (QED) is 0.329. The Hall–Kier alpha value is -1.01. The third-order valence-corrected chi connectivity index (χ3v) is 14.4. The Labute approximate surface area is 245 Å². The van der Waals surface area contributed by atoms with E-state index in [0.717, 1.165) is 44.1 Å². The number of esters is 1. The fraction of sp³-hybridized carbons (Fsp3) is 0.871. The lowest BCUT2D eigenvalue weighted by Gasteiger charge is -2.66. The van der Waals surface area contributed by atoms with Crippen molar-refractivity contribution in [2.45, 2.75) is 112 Å². The highest BCUT2D eigenvalue weighted by molar-refractivity contribution is 8.01. The molecule has 2 saturated heterocycles. The number of nitrogens with zero attached hydrogens (tertiary/aromatic N) is 1. The van der Waals surface area contributed by atoms with Crippen LogP contribution in [0, 0.1) is 34.5 Å². The van der Waals surface area contributed by atoms with Gasteiger partial charge < -0.3 is 34.3 Å². The van der Waals surface area contributed by atoms with Gasteiger partial charge in [0.2, 0.25) is 6.29 Å². The van der Waals surface area contributed by atoms with Gasteiger partial charge >= 0.3 is 5.97 Å². The van der Waals surface area contributed by atoms with Crippen LogP contribution in [0.3, 0.4) is 0 Å². The molecule has 4 aliphatic heterocycles. The molecule has 10 heteroatoms. The minimum Gasteiger partial charge on any atom is -0.458 e. The molecule has 3 N–H and O–H groups in total. The van der Waals surface area contributed by atoms with Gasteiger partial charge in [-0.1, -0.05) is 6.92 Å². The summed E-state index contributed by atoms with van der Waals surface area (Å²) < 4.78 is 24.6. The summed E-state index contributed by atoms with van der Waals surface area (Å²) >= 11 is 1.59. The van der Waals surface area contributed by atoms with E-state index in [-0.39, 0.29) is 53.9 Å². The molecule has 4 heterocycles. The molecular weight excluding hydrogens is 546 g/mol. The average molecular weight is 590 g/mol. The highest BCUT2D eigenvalue weighted by Gasteiger charge is 2.72. The number of hydrogen-bond acceptors (Lipinski definition) is 10. The van der Waals surface area contributed by atoms with Gasteiger partial charge in [-0.3, -0.25) is 4.99 Å². The fourth-order valence-corrected chi connectivity index (χ4v) is 12.4. The normalized spacial score (nSPS) is 57.3. The van der Waals surface area contributed by atoms with E-state index in [1.807, 2.05) is 13.1 Å². The van der Waals surface area contributed by atoms with E-state index in [1.54, 1.807) is 17.8 Å². The second-order valence-corrected chi connectivity index (χ2v) is 15.8. The lowest BCUT2D eigenvalue weighted by molar-refractivity contribution is -0.447. The second kappa shape index (κ2) is 9.02. The van der Waals surface area contributed by atoms with Crippen LogP contribution in [0.25, 0.3) is 0 Å². The molecule has 4 saturated carbocycles. The number of aliphatic hydroxyl groups is 3. The molecule has 0 bridgehead atoms. The Morgan fingerprint density at radius 3 is 2.66 bits per heavy atom. The van der Waals surface area contributed by atoms with E-state index >= 15 is 0 Å². The minimum atomic E-state index is -1.70. The molecule has 0 aromatic heterocycles. The third kappa shape index (κ3) is 3.47. The zero-order valence-electron chi connectivity index (χ0n) is 24.0. The maximum atomic E-state index is 12.6. The molecule has 13 atom stereocenters. The Morgan fingerprint density at radius 1 is 1.07 bits per heavy atom. The van der Waals surface area contributed by atoms with Crippen molar-refractivity contribution in [1.82, 2.24) is 0 Å². The number of aliphatic imine (C=N–C) groups is 1. The van der Waals surface area contributed by atoms with Crippen molar-refractivity contribution in [3.05, 3.63) is 11.6 Å². The monoisotopic (exact) mass is 589 g/mol. The van der Waals surface area contributed by atoms with Crippen LogP contribution in [0.5, 0.6) is 0 Å². The first kappa shape index (κ1) is 27.5. The first-order chi connectivity index (χ1) is 19.6. The molecule has 0 radical (unpaired) electrons. The van der Waals surface area contributed by atoms with Crippen molar-refractivity contribution in [1.29, 1.82) is 0 Å². The van der Waals surface area contributed by atoms with Gasteiger partial charge in [0.15, 0.2) is 4.87 Å². The molecule has 0 unspecified atom stereocenters. The molecule has 8 rings (SSSR count). The number of thioether (sulfide) groups is 1. The van der Waals surface area contributed by atoms with E-state index in [4.69, 9.17) is 23.9 Å². The van der Waals surface area contributed by atoms with Gasteiger partial charge in [0.1, 0.15) is 6.61 Å². The van der Waals surface area contributed by atoms with Crippen molar-refractivity contribution in [3.63, 3.8) is 0 Å². The number of cyclic esters (lactones) is 1. The van der Waals surface area contributed by atoms with Crippen LogP contribution in [-0.2, 0) is 23.7 Å². The van der Waals surface area contributed by atoms with Gasteiger partial charge in [-0.05, 0) is 87.5 Å². The number of aliphatic hydroxyl groups excluding tert-OH is 1. The van der Waals surface area contributed by atoms with Crippen molar-refractivity contribution < 1.29 is 39.1 Å². The molecule has 9 nitrogen and oxygen atoms in total. The predicted octanol–water partition coefficient (Wildman–Crippen LogP) is 2.95. The maximum Gasteiger partial charge on any atom is 0.331 e. The molecule has 6 fully saturated rings. The molecule has 41 heavy (non-hydrogen) atoms. The summed E-state index contributed by atoms with van der Waals surface area (Å²) in [5.74, 6) is -0.685. The van der Waals surface area contributed by atoms with Crippen LogP contribution in [-0.4, -0.2) is 87.3 Å². The average Bonchev–Trinajstić information content (AvgIpc) is 3.65. The third-order valence-electron chi connectivity index (χ3n) is 13.1. The fourth-order valence-electron chi connectivity index (χ4n) is 11.2. The number of fused-ring (bicyclic) bond motifs is 8. The Morgan fingerprint density at radius 2 is 1.93 bits per heavy atom. The van der Waals surface area contributed by atoms with Crippen LogP contribution >= 0.6 is 11.8 Å². The van der Waals surface area contributed by atoms with Crippen LogP contribution < -0.4 is 0 Å². The molecule has 0 amide bonds. The zero-order chi connectivity index (χ0) is 28.4. The first-order valence-corrected chi connectivity index (χ1v) is 16.7. The maximum absolute atomic E-state index is 12.6. The lowest BCUT2D eigenvalue weighted by atomic mass is 9.42. The van der Waals surface area contributed by atoms with Crippen LogP contribution in [0.1, 0.15) is 71.6 Å². The SMILES string of the molecule is C[C@@H]1C[C@@]2(N=CCS2)[C@]2(O)O[C@@H]3C[C@@]4(CO)[C@@H](CC[C@@H]5[C@@H]4CC[C@]4(C)[C@@H](C6=CC(=O)OC6)CC[C@]54O)C[C@H]3O[C@@H]2O1. The summed E-state index contributed by atoms with van der Waals surface area (Å²) in [5, 5.41) is 35.9. The molecule has 4 aliphatic carbocycles. The van der Waals surface area contributed by atoms with E-state index in [2.05, 4.69) is 6.92 Å². The molecule has 0 aromatic carbocycles. The molecule has 8 aliphatic rings. The van der Waals surface area contributed by atoms with Crippen LogP contribution in [0.15, 0.2) is 16.6 Å². The summed E-state index contributed by atoms with van der Waals surface area (Å²) in [7, 11) is 0. The highest BCUT2D eigenvalue weighted by Crippen LogP contribution is 2.70. The second-order valence-electron chi connectivity index (χ2n) is 14.5. The molecule has 1 spiro atoms. The topological polar surface area (TPSA) is 127 Å². The summed E-state index contributed by atoms with van der Waals surface area (Å²) in [6.07, 6.45) is 8.86. The lowest BCUT2D eigenvalue weighted by Crippen LogP contribution is -2.73. The van der Waals surface area contributed by atoms with E-state index in [9.17, 15) is 20.1 Å². The van der Waals surface area contributed by atoms with Crippen molar-refractivity contribution >= 4 is 23.9 Å². The predicted molar refractivity (Wildman–Crippen MR) is 150 cm³/mol. The number of rotatable bonds is 2. The van der Waals surface area contributed by atoms with Crippen molar-refractivity contribution in [2.24, 2.45) is 39.5 Å². The van der Waals surface area contributed by atoms with Gasteiger partial charge in [-0.15, -0.1) is 11.8 Å². The number of ether oxygens (including phenoxy) is 4. The van der Waals surface area contributed by atoms with Crippen LogP contribution in [0.4, 0.5) is 0 Å². The zero-order valence-corrected chi connectivity index (χ0v) is 24.8. The summed E-state index contributed by atoms with van der Waals surface area (Å²) in [6.45, 7) is 4.58. The molecule has 226 valence electrons. The van der Waals surface area contributed by atoms with E-state index < -0.39 is 34.1 Å². The van der Waals surface area contributed by atoms with E-state index in [1.165, 1.54) is 0 Å². The first-order valence-electron chi connectivity index (χ1n) is 15.7. The highest BCUT2D eigenvalue weighted by atomic mass is 32.2. The van der Waals surface area contributed by atoms with Crippen molar-refractivity contribution in [3.8, 4) is 0 Å². The van der Waals surface area contributed by atoms with Gasteiger partial charge in [0.25, 0.3) is 5.79 Å². The Balaban J connectivity index is 1.10. The van der Waals surface area contributed by atoms with Gasteiger partial charge in [0, 0.05) is 41.9 Å². The Bertz CT molecular complexity index is 1200. The number of carbonyl (C=O) groups is 1. The van der Waals surface area contributed by atoms with Crippen molar-refractivity contribution in [2.75, 3.05) is 19.0 Å². The standard InChI is InChI=1S/C31H43NO8S/c1-17-13-30(32-9-10-41-30)31(36)26(38-17)39-23-12-19-3-4-22-21(28(19,16-33)14-24(23)40-31)5-7-27(2)20(6-8-29(22,27)35)18-11-25(34)37-15-18/h9,11,17,19-24,26,33,35-36H,3-8,10,12-16H2,1-2H3/t17-,19+,20-,21+,22-,23-,24-,26+,27-,28-,29+,30+,31-/m1/s1. The molecular formula is C31H43NO8S. The van der Waals surface area contributed by atoms with Gasteiger partial charge in [0.05, 0.1) is 23.9 Å². The van der Waals surface area contributed by atoms with Gasteiger partial charge in [-0.25, -0.2) is 4.79 Å². The molecule has 0 aromatic rings. The largest absolute Gasteiger partial charge is 0.458 e. The van der Waals surface area contributed by atoms with Crippen LogP contribution in [0.2, 0.25) is 0 Å². The Kier molecular flexibility index (Phi) is 6.06. The summed E-state index contributed by atoms with van der Waals surface area (Å²) in [6, 6.07) is 0.